The minimum atomic E-state index is -0.0117. The van der Waals surface area contributed by atoms with Crippen LogP contribution in [0.15, 0.2) is 24.3 Å². The highest BCUT2D eigenvalue weighted by Gasteiger charge is 2.39. The van der Waals surface area contributed by atoms with Gasteiger partial charge in [-0.3, -0.25) is 4.79 Å². The van der Waals surface area contributed by atoms with Crippen LogP contribution in [-0.2, 0) is 4.79 Å². The molecule has 3 rings (SSSR count). The number of benzene rings is 1. The number of fused-ring (bicyclic) bond motifs is 2. The van der Waals surface area contributed by atoms with Crippen LogP contribution in [0.3, 0.4) is 0 Å². The minimum Gasteiger partial charge on any atom is -0.484 e. The maximum absolute atomic E-state index is 12.3. The van der Waals surface area contributed by atoms with E-state index in [1.54, 1.807) is 0 Å². The Balaban J connectivity index is 1.53. The predicted octanol–water partition coefficient (Wildman–Crippen LogP) is 3.21. The standard InChI is InChI=1S/C20H30N2O2/c1-13(2)14-5-4-8-18(11-14)24-12-19(23)22-20-15-6-3-7-16(20)10-17(21)9-15/h4-5,8,11,13,15-17,20H,3,6-7,9-10,12,21H2,1-2H3,(H,22,23). The second-order valence-electron chi connectivity index (χ2n) is 7.79. The third-order valence-electron chi connectivity index (χ3n) is 5.60. The molecule has 24 heavy (non-hydrogen) atoms. The highest BCUT2D eigenvalue weighted by atomic mass is 16.5. The first-order valence-corrected chi connectivity index (χ1v) is 9.30. The molecule has 0 heterocycles. The van der Waals surface area contributed by atoms with Gasteiger partial charge in [-0.1, -0.05) is 32.4 Å². The van der Waals surface area contributed by atoms with E-state index in [1.807, 2.05) is 18.2 Å². The number of nitrogens with two attached hydrogens (primary N) is 1. The van der Waals surface area contributed by atoms with Crippen LogP contribution in [0.1, 0.15) is 57.4 Å². The summed E-state index contributed by atoms with van der Waals surface area (Å²) in [5, 5.41) is 3.23. The first kappa shape index (κ1) is 17.3. The van der Waals surface area contributed by atoms with E-state index in [4.69, 9.17) is 10.5 Å². The Morgan fingerprint density at radius 2 is 2.00 bits per heavy atom. The molecular formula is C20H30N2O2. The van der Waals surface area contributed by atoms with Crippen molar-refractivity contribution in [3.63, 3.8) is 0 Å². The van der Waals surface area contributed by atoms with E-state index < -0.39 is 0 Å². The topological polar surface area (TPSA) is 64.3 Å². The van der Waals surface area contributed by atoms with Crippen molar-refractivity contribution < 1.29 is 9.53 Å². The van der Waals surface area contributed by atoms with Gasteiger partial charge in [0, 0.05) is 12.1 Å². The number of hydrogen-bond donors (Lipinski definition) is 2. The molecule has 1 aromatic rings. The first-order chi connectivity index (χ1) is 11.5. The van der Waals surface area contributed by atoms with E-state index in [0.717, 1.165) is 18.6 Å². The molecule has 0 saturated heterocycles. The molecular weight excluding hydrogens is 300 g/mol. The van der Waals surface area contributed by atoms with Crippen molar-refractivity contribution in [2.45, 2.75) is 64.0 Å². The number of ether oxygens (including phenoxy) is 1. The number of nitrogens with one attached hydrogen (secondary N) is 1. The lowest BCUT2D eigenvalue weighted by Crippen LogP contribution is -2.54. The second-order valence-corrected chi connectivity index (χ2v) is 7.79. The maximum atomic E-state index is 12.3. The lowest BCUT2D eigenvalue weighted by atomic mass is 9.67. The van der Waals surface area contributed by atoms with E-state index in [0.29, 0.717) is 23.8 Å². The van der Waals surface area contributed by atoms with Crippen molar-refractivity contribution in [2.75, 3.05) is 6.61 Å². The van der Waals surface area contributed by atoms with Gasteiger partial charge in [0.2, 0.25) is 0 Å². The van der Waals surface area contributed by atoms with E-state index in [9.17, 15) is 4.79 Å². The summed E-state index contributed by atoms with van der Waals surface area (Å²) >= 11 is 0. The number of hydrogen-bond acceptors (Lipinski definition) is 3. The van der Waals surface area contributed by atoms with Crippen molar-refractivity contribution in [1.82, 2.24) is 5.32 Å². The van der Waals surface area contributed by atoms with Gasteiger partial charge in [-0.25, -0.2) is 0 Å². The van der Waals surface area contributed by atoms with Crippen molar-refractivity contribution in [3.05, 3.63) is 29.8 Å². The zero-order valence-electron chi connectivity index (χ0n) is 14.8. The fraction of sp³-hybridized carbons (Fsp3) is 0.650. The van der Waals surface area contributed by atoms with Gasteiger partial charge >= 0.3 is 0 Å². The molecule has 0 radical (unpaired) electrons. The molecule has 2 atom stereocenters. The summed E-state index contributed by atoms with van der Waals surface area (Å²) in [6.07, 6.45) is 5.73. The summed E-state index contributed by atoms with van der Waals surface area (Å²) in [7, 11) is 0. The Hall–Kier alpha value is -1.55. The first-order valence-electron chi connectivity index (χ1n) is 9.30. The molecule has 1 aromatic carbocycles. The van der Waals surface area contributed by atoms with Crippen molar-refractivity contribution >= 4 is 5.91 Å². The van der Waals surface area contributed by atoms with Crippen LogP contribution >= 0.6 is 0 Å². The minimum absolute atomic E-state index is 0.0117. The molecule has 3 N–H and O–H groups in total. The molecule has 2 saturated carbocycles. The average molecular weight is 330 g/mol. The quantitative estimate of drug-likeness (QED) is 0.871. The molecule has 2 bridgehead atoms. The van der Waals surface area contributed by atoms with Crippen molar-refractivity contribution in [3.8, 4) is 5.75 Å². The van der Waals surface area contributed by atoms with Gasteiger partial charge in [-0.2, -0.15) is 0 Å². The van der Waals surface area contributed by atoms with Crippen LogP contribution in [0.2, 0.25) is 0 Å². The molecule has 0 aliphatic heterocycles. The van der Waals surface area contributed by atoms with Gasteiger partial charge in [0.15, 0.2) is 6.61 Å². The maximum Gasteiger partial charge on any atom is 0.258 e. The SMILES string of the molecule is CC(C)c1cccc(OCC(=O)NC2C3CCCC2CC(N)C3)c1. The summed E-state index contributed by atoms with van der Waals surface area (Å²) in [4.78, 5) is 12.3. The van der Waals surface area contributed by atoms with E-state index >= 15 is 0 Å². The zero-order chi connectivity index (χ0) is 17.1. The normalized spacial score (nSPS) is 29.3. The van der Waals surface area contributed by atoms with Gasteiger partial charge in [-0.15, -0.1) is 0 Å². The van der Waals surface area contributed by atoms with Gasteiger partial charge < -0.3 is 15.8 Å². The largest absolute Gasteiger partial charge is 0.484 e. The third-order valence-corrected chi connectivity index (χ3v) is 5.60. The Bertz CT molecular complexity index is 559. The van der Waals surface area contributed by atoms with Crippen LogP contribution in [0.25, 0.3) is 0 Å². The summed E-state index contributed by atoms with van der Waals surface area (Å²) in [5.41, 5.74) is 7.38. The summed E-state index contributed by atoms with van der Waals surface area (Å²) < 4.78 is 5.71. The zero-order valence-corrected chi connectivity index (χ0v) is 14.8. The lowest BCUT2D eigenvalue weighted by molar-refractivity contribution is -0.125. The van der Waals surface area contributed by atoms with Gasteiger partial charge in [0.1, 0.15) is 5.75 Å². The fourth-order valence-electron chi connectivity index (χ4n) is 4.36. The van der Waals surface area contributed by atoms with Gasteiger partial charge in [0.05, 0.1) is 0 Å². The highest BCUT2D eigenvalue weighted by molar-refractivity contribution is 5.78. The Morgan fingerprint density at radius 3 is 2.67 bits per heavy atom. The van der Waals surface area contributed by atoms with Crippen LogP contribution in [0.4, 0.5) is 0 Å². The number of rotatable bonds is 5. The Morgan fingerprint density at radius 1 is 1.29 bits per heavy atom. The molecule has 2 fully saturated rings. The average Bonchev–Trinajstić information content (AvgIpc) is 2.54. The molecule has 0 spiro atoms. The lowest BCUT2D eigenvalue weighted by Gasteiger charge is -2.45. The molecule has 4 heteroatoms. The molecule has 1 amide bonds. The highest BCUT2D eigenvalue weighted by Crippen LogP contribution is 2.39. The van der Waals surface area contributed by atoms with Crippen LogP contribution in [-0.4, -0.2) is 24.6 Å². The van der Waals surface area contributed by atoms with Crippen LogP contribution in [0, 0.1) is 11.8 Å². The molecule has 0 aromatic heterocycles. The number of amides is 1. The Kier molecular flexibility index (Phi) is 5.44. The molecule has 2 unspecified atom stereocenters. The summed E-state index contributed by atoms with van der Waals surface area (Å²) in [5.74, 6) is 2.29. The van der Waals surface area contributed by atoms with E-state index in [1.165, 1.54) is 24.8 Å². The van der Waals surface area contributed by atoms with Gasteiger partial charge in [0.25, 0.3) is 5.91 Å². The van der Waals surface area contributed by atoms with Gasteiger partial charge in [-0.05, 0) is 61.1 Å². The predicted molar refractivity (Wildman–Crippen MR) is 96.0 cm³/mol. The fourth-order valence-corrected chi connectivity index (χ4v) is 4.36. The number of carbonyl (C=O) groups is 1. The smallest absolute Gasteiger partial charge is 0.258 e. The second kappa shape index (κ2) is 7.56. The van der Waals surface area contributed by atoms with Crippen molar-refractivity contribution in [1.29, 1.82) is 0 Å². The molecule has 2 aliphatic rings. The monoisotopic (exact) mass is 330 g/mol. The summed E-state index contributed by atoms with van der Waals surface area (Å²) in [6, 6.07) is 8.60. The van der Waals surface area contributed by atoms with Crippen molar-refractivity contribution in [2.24, 2.45) is 17.6 Å². The third kappa shape index (κ3) is 4.10. The van der Waals surface area contributed by atoms with Crippen LogP contribution in [0.5, 0.6) is 5.75 Å². The molecule has 132 valence electrons. The molecule has 4 nitrogen and oxygen atoms in total. The molecule has 2 aliphatic carbocycles. The van der Waals surface area contributed by atoms with E-state index in [2.05, 4.69) is 25.2 Å². The Labute approximate surface area is 145 Å². The van der Waals surface area contributed by atoms with E-state index in [-0.39, 0.29) is 18.6 Å². The summed E-state index contributed by atoms with van der Waals surface area (Å²) in [6.45, 7) is 4.39. The van der Waals surface area contributed by atoms with Crippen LogP contribution < -0.4 is 15.8 Å². The number of carbonyl (C=O) groups excluding carboxylic acids is 1.